The van der Waals surface area contributed by atoms with E-state index in [-0.39, 0.29) is 12.6 Å². The second-order valence-electron chi connectivity index (χ2n) is 1.30. The van der Waals surface area contributed by atoms with Gasteiger partial charge in [-0.3, -0.25) is 0 Å². The van der Waals surface area contributed by atoms with Gasteiger partial charge >= 0.3 is 0 Å². The lowest BCUT2D eigenvalue weighted by atomic mass is 10.0. The van der Waals surface area contributed by atoms with Crippen molar-refractivity contribution in [3.8, 4) is 0 Å². The quantitative estimate of drug-likeness (QED) is 0.485. The predicted molar refractivity (Wildman–Crippen MR) is 28.3 cm³/mol. The molecule has 0 bridgehead atoms. The summed E-state index contributed by atoms with van der Waals surface area (Å²) >= 11 is 0. The monoisotopic (exact) mass is 100 g/mol. The summed E-state index contributed by atoms with van der Waals surface area (Å²) in [6.45, 7) is 2.09. The lowest BCUT2D eigenvalue weighted by Crippen LogP contribution is -2.10. The van der Waals surface area contributed by atoms with E-state index in [4.69, 9.17) is 17.7 Å². The number of hydrogen-bond donors (Lipinski definition) is 1. The zero-order valence-electron chi connectivity index (χ0n) is 4.42. The fourth-order valence-corrected chi connectivity index (χ4v) is 0.239. The Balaban J connectivity index is 2.68. The van der Waals surface area contributed by atoms with Crippen LogP contribution in [0.25, 0.3) is 0 Å². The van der Waals surface area contributed by atoms with Crippen molar-refractivity contribution < 1.29 is 9.84 Å². The molecular formula is C4H9BO2. The van der Waals surface area contributed by atoms with E-state index in [1.54, 1.807) is 6.92 Å². The van der Waals surface area contributed by atoms with Gasteiger partial charge in [-0.1, -0.05) is 0 Å². The minimum atomic E-state index is -0.257. The van der Waals surface area contributed by atoms with Crippen LogP contribution in [-0.4, -0.2) is 32.2 Å². The van der Waals surface area contributed by atoms with Crippen LogP contribution in [0.2, 0.25) is 0 Å². The van der Waals surface area contributed by atoms with Crippen molar-refractivity contribution in [3.63, 3.8) is 0 Å². The van der Waals surface area contributed by atoms with Crippen LogP contribution in [0.1, 0.15) is 6.92 Å². The second kappa shape index (κ2) is 4.15. The van der Waals surface area contributed by atoms with Crippen molar-refractivity contribution in [1.29, 1.82) is 0 Å². The molecule has 0 aromatic rings. The molecule has 0 heterocycles. The van der Waals surface area contributed by atoms with E-state index in [1.165, 1.54) is 0 Å². The molecule has 0 aliphatic rings. The van der Waals surface area contributed by atoms with Crippen molar-refractivity contribution in [2.45, 2.75) is 12.9 Å². The third-order valence-corrected chi connectivity index (χ3v) is 0.472. The Labute approximate surface area is 44.9 Å². The summed E-state index contributed by atoms with van der Waals surface area (Å²) in [4.78, 5) is 0. The van der Waals surface area contributed by atoms with Gasteiger partial charge in [-0.25, -0.2) is 0 Å². The van der Waals surface area contributed by atoms with Crippen LogP contribution in [0.4, 0.5) is 0 Å². The average molecular weight is 99.9 g/mol. The standard InChI is InChI=1S/C4H9BO2/c1-4(5)7-3-2-6/h4,6H,2-3H2,1H3. The highest BCUT2D eigenvalue weighted by molar-refractivity contribution is 6.10. The Morgan fingerprint density at radius 3 is 2.57 bits per heavy atom. The van der Waals surface area contributed by atoms with Gasteiger partial charge in [0.15, 0.2) is 0 Å². The molecule has 0 aliphatic carbocycles. The topological polar surface area (TPSA) is 29.5 Å². The van der Waals surface area contributed by atoms with Gasteiger partial charge < -0.3 is 9.84 Å². The lowest BCUT2D eigenvalue weighted by Gasteiger charge is -2.03. The first-order valence-electron chi connectivity index (χ1n) is 2.25. The largest absolute Gasteiger partial charge is 0.394 e. The molecule has 0 rings (SSSR count). The molecule has 0 aromatic carbocycles. The summed E-state index contributed by atoms with van der Waals surface area (Å²) < 4.78 is 4.72. The van der Waals surface area contributed by atoms with Crippen LogP contribution in [-0.2, 0) is 4.74 Å². The number of aliphatic hydroxyl groups excluding tert-OH is 1. The zero-order chi connectivity index (χ0) is 5.70. The van der Waals surface area contributed by atoms with E-state index in [9.17, 15) is 0 Å². The maximum absolute atomic E-state index is 8.13. The minimum Gasteiger partial charge on any atom is -0.394 e. The zero-order valence-corrected chi connectivity index (χ0v) is 4.42. The van der Waals surface area contributed by atoms with Crippen molar-refractivity contribution in [2.24, 2.45) is 0 Å². The summed E-state index contributed by atoms with van der Waals surface area (Å²) in [5.41, 5.74) is 0. The molecule has 0 saturated carbocycles. The fraction of sp³-hybridized carbons (Fsp3) is 1.00. The van der Waals surface area contributed by atoms with E-state index in [0.717, 1.165) is 0 Å². The van der Waals surface area contributed by atoms with Gasteiger partial charge in [0.2, 0.25) is 0 Å². The highest BCUT2D eigenvalue weighted by Gasteiger charge is 1.87. The van der Waals surface area contributed by atoms with Gasteiger partial charge in [-0.15, -0.1) is 0 Å². The Bertz CT molecular complexity index is 38.7. The van der Waals surface area contributed by atoms with Crippen LogP contribution in [0, 0.1) is 0 Å². The van der Waals surface area contributed by atoms with Gasteiger partial charge in [0.1, 0.15) is 7.85 Å². The maximum Gasteiger partial charge on any atom is 0.108 e. The van der Waals surface area contributed by atoms with Gasteiger partial charge in [0.25, 0.3) is 0 Å². The first-order valence-corrected chi connectivity index (χ1v) is 2.25. The third-order valence-electron chi connectivity index (χ3n) is 0.472. The normalized spacial score (nSPS) is 14.0. The SMILES string of the molecule is [B]C(C)OCCO. The molecule has 0 saturated heterocycles. The molecule has 1 unspecified atom stereocenters. The molecule has 2 radical (unpaired) electrons. The molecule has 0 aliphatic heterocycles. The molecule has 7 heavy (non-hydrogen) atoms. The lowest BCUT2D eigenvalue weighted by molar-refractivity contribution is 0.0802. The Hall–Kier alpha value is -0.0151. The first kappa shape index (κ1) is 6.98. The van der Waals surface area contributed by atoms with E-state index < -0.39 is 0 Å². The summed E-state index contributed by atoms with van der Waals surface area (Å²) in [6.07, 6.45) is 0. The van der Waals surface area contributed by atoms with Crippen molar-refractivity contribution in [2.75, 3.05) is 13.2 Å². The van der Waals surface area contributed by atoms with E-state index in [1.807, 2.05) is 0 Å². The van der Waals surface area contributed by atoms with Crippen LogP contribution >= 0.6 is 0 Å². The number of hydrogen-bond acceptors (Lipinski definition) is 2. The fourth-order valence-electron chi connectivity index (χ4n) is 0.239. The molecule has 0 amide bonds. The number of ether oxygens (including phenoxy) is 1. The summed E-state index contributed by atoms with van der Waals surface area (Å²) in [6, 6.07) is -0.257. The molecule has 1 atom stereocenters. The highest BCUT2D eigenvalue weighted by Crippen LogP contribution is 1.79. The molecule has 0 fully saturated rings. The first-order chi connectivity index (χ1) is 3.27. The van der Waals surface area contributed by atoms with Gasteiger partial charge in [0.05, 0.1) is 13.2 Å². The molecule has 40 valence electrons. The van der Waals surface area contributed by atoms with E-state index in [0.29, 0.717) is 6.61 Å². The van der Waals surface area contributed by atoms with Crippen LogP contribution in [0.15, 0.2) is 0 Å². The van der Waals surface area contributed by atoms with Crippen LogP contribution in [0.3, 0.4) is 0 Å². The molecule has 0 aromatic heterocycles. The third kappa shape index (κ3) is 5.98. The second-order valence-corrected chi connectivity index (χ2v) is 1.30. The predicted octanol–water partition coefficient (Wildman–Crippen LogP) is -0.490. The van der Waals surface area contributed by atoms with Gasteiger partial charge in [0, 0.05) is 6.00 Å². The summed E-state index contributed by atoms with van der Waals surface area (Å²) in [5, 5.41) is 8.13. The average Bonchev–Trinajstić information content (AvgIpc) is 1.61. The smallest absolute Gasteiger partial charge is 0.108 e. The maximum atomic E-state index is 8.13. The summed E-state index contributed by atoms with van der Waals surface area (Å²) in [5.74, 6) is 0. The van der Waals surface area contributed by atoms with E-state index in [2.05, 4.69) is 0 Å². The number of rotatable bonds is 3. The van der Waals surface area contributed by atoms with Crippen molar-refractivity contribution in [1.82, 2.24) is 0 Å². The number of aliphatic hydroxyl groups is 1. The Morgan fingerprint density at radius 1 is 1.86 bits per heavy atom. The van der Waals surface area contributed by atoms with E-state index >= 15 is 0 Å². The van der Waals surface area contributed by atoms with Crippen LogP contribution in [0.5, 0.6) is 0 Å². The molecule has 1 N–H and O–H groups in total. The van der Waals surface area contributed by atoms with Crippen molar-refractivity contribution in [3.05, 3.63) is 0 Å². The molecular weight excluding hydrogens is 90.9 g/mol. The Kier molecular flexibility index (Phi) is 4.14. The molecule has 2 nitrogen and oxygen atoms in total. The summed E-state index contributed by atoms with van der Waals surface area (Å²) in [7, 11) is 5.15. The molecule has 3 heteroatoms. The van der Waals surface area contributed by atoms with Gasteiger partial charge in [-0.05, 0) is 6.92 Å². The highest BCUT2D eigenvalue weighted by atomic mass is 16.5. The van der Waals surface area contributed by atoms with Crippen molar-refractivity contribution >= 4 is 7.85 Å². The molecule has 0 spiro atoms. The minimum absolute atomic E-state index is 0.0432. The van der Waals surface area contributed by atoms with Gasteiger partial charge in [-0.2, -0.15) is 0 Å². The van der Waals surface area contributed by atoms with Crippen LogP contribution < -0.4 is 0 Å². The Morgan fingerprint density at radius 2 is 2.43 bits per heavy atom.